The first-order valence-corrected chi connectivity index (χ1v) is 16.3. The van der Waals surface area contributed by atoms with Crippen LogP contribution in [0.25, 0.3) is 22.3 Å². The molecule has 6 rings (SSSR count). The first-order valence-electron chi connectivity index (χ1n) is 12.5. The van der Waals surface area contributed by atoms with Gasteiger partial charge in [0.2, 0.25) is 5.95 Å². The third-order valence-corrected chi connectivity index (χ3v) is 8.68. The van der Waals surface area contributed by atoms with Crippen molar-refractivity contribution in [1.29, 1.82) is 0 Å². The Morgan fingerprint density at radius 2 is 1.79 bits per heavy atom. The highest BCUT2D eigenvalue weighted by Crippen LogP contribution is 2.50. The topological polar surface area (TPSA) is 263 Å². The lowest BCUT2D eigenvalue weighted by atomic mass is 10.2. The summed E-state index contributed by atoms with van der Waals surface area (Å²) in [5.41, 5.74) is 11.5. The van der Waals surface area contributed by atoms with Gasteiger partial charge in [-0.1, -0.05) is 0 Å². The zero-order valence-corrected chi connectivity index (χ0v) is 24.3. The van der Waals surface area contributed by atoms with Gasteiger partial charge in [-0.3, -0.25) is 18.9 Å². The van der Waals surface area contributed by atoms with Gasteiger partial charge in [-0.05, 0) is 11.8 Å². The number of hydrogen-bond acceptors (Lipinski definition) is 15. The van der Waals surface area contributed by atoms with Gasteiger partial charge in [0, 0.05) is 17.4 Å². The summed E-state index contributed by atoms with van der Waals surface area (Å²) < 4.78 is 56.7. The standard InChI is InChI=1S/C20H23FN10O9P2S/c21-10-1-8(38-18(10)30-6-26-12-14(22)24-5-25-15(12)30)4-37-42(35,43)40-11-2-9(3-36-41(33)34)39-19(11)31-7-27-13-16(31)28-20(23)29-17(13)32/h5-11,18-19H,1-4H2,(H6-,22,23,24,25,28,29,32,33,34,35,43)/p+1/t8-,9-,10-,11?,18+,19+,42?/m0/s1. The van der Waals surface area contributed by atoms with Gasteiger partial charge in [0.05, 0.1) is 31.5 Å². The second-order valence-corrected chi connectivity index (χ2v) is 13.1. The summed E-state index contributed by atoms with van der Waals surface area (Å²) >= 11 is 5.23. The number of nitrogen functional groups attached to an aromatic ring is 2. The summed E-state index contributed by atoms with van der Waals surface area (Å²) in [4.78, 5) is 54.8. The zero-order valence-electron chi connectivity index (χ0n) is 21.7. The van der Waals surface area contributed by atoms with Gasteiger partial charge in [0.1, 0.15) is 30.7 Å². The lowest BCUT2D eigenvalue weighted by Gasteiger charge is -2.25. The number of aromatic nitrogens is 8. The number of hydrogen-bond donors (Lipinski definition) is 5. The number of anilines is 2. The molecule has 0 amide bonds. The van der Waals surface area contributed by atoms with Crippen LogP contribution in [-0.2, 0) is 39.4 Å². The molecule has 0 saturated carbocycles. The van der Waals surface area contributed by atoms with E-state index >= 15 is 4.39 Å². The molecule has 2 aliphatic heterocycles. The smallest absolute Gasteiger partial charge is 0.382 e. The second-order valence-electron chi connectivity index (χ2n) is 9.58. The van der Waals surface area contributed by atoms with Gasteiger partial charge in [-0.2, -0.15) is 4.98 Å². The van der Waals surface area contributed by atoms with E-state index in [0.29, 0.717) is 11.2 Å². The summed E-state index contributed by atoms with van der Waals surface area (Å²) in [5.74, 6) is -0.0406. The fourth-order valence-electron chi connectivity index (χ4n) is 4.93. The monoisotopic (exact) mass is 661 g/mol. The third-order valence-electron chi connectivity index (χ3n) is 6.72. The minimum atomic E-state index is -4.02. The van der Waals surface area contributed by atoms with E-state index in [1.54, 1.807) is 0 Å². The number of imidazole rings is 2. The SMILES string of the molecule is Nc1nc2c(ncn2[C@@H]2O[C@H](CO[P+](=O)O)CC2OP(O)(=S)OC[C@@H]2C[C@H](F)[C@H](n3cnc4c(N)ncnc43)O2)c(=O)[nH]1. The van der Waals surface area contributed by atoms with Gasteiger partial charge in [-0.15, -0.1) is 9.42 Å². The van der Waals surface area contributed by atoms with Crippen LogP contribution in [0.1, 0.15) is 25.3 Å². The zero-order chi connectivity index (χ0) is 30.5. The molecule has 8 atom stereocenters. The van der Waals surface area contributed by atoms with Crippen LogP contribution >= 0.6 is 15.0 Å². The number of fused-ring (bicyclic) bond motifs is 2. The number of nitrogens with one attached hydrogen (secondary N) is 1. The van der Waals surface area contributed by atoms with Crippen LogP contribution < -0.4 is 17.0 Å². The van der Waals surface area contributed by atoms with Crippen LogP contribution in [-0.4, -0.2) is 86.5 Å². The van der Waals surface area contributed by atoms with Crippen LogP contribution in [0.15, 0.2) is 23.8 Å². The lowest BCUT2D eigenvalue weighted by Crippen LogP contribution is -2.23. The number of H-pyrrole nitrogens is 1. The van der Waals surface area contributed by atoms with Crippen molar-refractivity contribution in [2.75, 3.05) is 24.7 Å². The molecule has 230 valence electrons. The number of halogens is 1. The average Bonchev–Trinajstić information content (AvgIpc) is 3.71. The molecule has 6 heterocycles. The van der Waals surface area contributed by atoms with Crippen molar-refractivity contribution in [3.8, 4) is 0 Å². The molecule has 2 saturated heterocycles. The van der Waals surface area contributed by atoms with Crippen molar-refractivity contribution >= 4 is 60.9 Å². The molecule has 0 spiro atoms. The van der Waals surface area contributed by atoms with Crippen molar-refractivity contribution in [2.24, 2.45) is 0 Å². The van der Waals surface area contributed by atoms with Crippen LogP contribution in [0.2, 0.25) is 0 Å². The molecule has 4 aromatic heterocycles. The summed E-state index contributed by atoms with van der Waals surface area (Å²) in [5, 5.41) is 0. The van der Waals surface area contributed by atoms with E-state index in [-0.39, 0.29) is 49.0 Å². The minimum absolute atomic E-state index is 0.0295. The Morgan fingerprint density at radius 3 is 2.56 bits per heavy atom. The van der Waals surface area contributed by atoms with Crippen molar-refractivity contribution < 1.29 is 41.8 Å². The molecule has 0 aromatic carbocycles. The molecule has 0 radical (unpaired) electrons. The second kappa shape index (κ2) is 11.8. The maximum Gasteiger partial charge on any atom is 0.694 e. The van der Waals surface area contributed by atoms with Crippen molar-refractivity contribution in [2.45, 2.75) is 49.8 Å². The molecule has 43 heavy (non-hydrogen) atoms. The average molecular weight is 661 g/mol. The Balaban J connectivity index is 1.15. The number of rotatable bonds is 10. The first-order chi connectivity index (χ1) is 20.5. The third kappa shape index (κ3) is 6.14. The molecular formula is C20H24FN10O9P2S+. The predicted molar refractivity (Wildman–Crippen MR) is 147 cm³/mol. The Labute approximate surface area is 245 Å². The molecule has 23 heteroatoms. The van der Waals surface area contributed by atoms with Crippen molar-refractivity contribution in [1.82, 2.24) is 39.0 Å². The maximum absolute atomic E-state index is 15.0. The number of nitrogens with zero attached hydrogens (tertiary/aromatic N) is 7. The van der Waals surface area contributed by atoms with E-state index in [1.165, 1.54) is 28.1 Å². The summed E-state index contributed by atoms with van der Waals surface area (Å²) in [7, 11) is -2.91. The molecule has 2 fully saturated rings. The fourth-order valence-corrected chi connectivity index (χ4v) is 6.68. The Bertz CT molecular complexity index is 1790. The van der Waals surface area contributed by atoms with Crippen LogP contribution in [0.4, 0.5) is 16.2 Å². The van der Waals surface area contributed by atoms with E-state index in [2.05, 4.69) is 29.9 Å². The fraction of sp³-hybridized carbons (Fsp3) is 0.500. The summed E-state index contributed by atoms with van der Waals surface area (Å²) in [6, 6.07) is 0. The number of ether oxygens (including phenoxy) is 2. The highest BCUT2D eigenvalue weighted by atomic mass is 32.5. The summed E-state index contributed by atoms with van der Waals surface area (Å²) in [6.45, 7) is -4.63. The van der Waals surface area contributed by atoms with Gasteiger partial charge < -0.3 is 34.9 Å². The van der Waals surface area contributed by atoms with E-state index in [9.17, 15) is 14.3 Å². The first kappa shape index (κ1) is 29.9. The van der Waals surface area contributed by atoms with Crippen LogP contribution in [0.5, 0.6) is 0 Å². The van der Waals surface area contributed by atoms with Crippen LogP contribution in [0.3, 0.4) is 0 Å². The molecule has 3 unspecified atom stereocenters. The predicted octanol–water partition coefficient (Wildman–Crippen LogP) is 0.322. The number of aromatic amines is 1. The molecule has 7 N–H and O–H groups in total. The van der Waals surface area contributed by atoms with E-state index < -0.39 is 57.5 Å². The molecule has 0 aliphatic carbocycles. The maximum atomic E-state index is 15.0. The minimum Gasteiger partial charge on any atom is -0.382 e. The van der Waals surface area contributed by atoms with E-state index in [4.69, 9.17) is 51.2 Å². The quantitative estimate of drug-likeness (QED) is 0.143. The highest BCUT2D eigenvalue weighted by Gasteiger charge is 2.44. The van der Waals surface area contributed by atoms with Crippen molar-refractivity contribution in [3.05, 3.63) is 29.3 Å². The number of nitrogens with two attached hydrogens (primary N) is 2. The van der Waals surface area contributed by atoms with E-state index in [0.717, 1.165) is 0 Å². The highest BCUT2D eigenvalue weighted by molar-refractivity contribution is 8.07. The molecular weight excluding hydrogens is 637 g/mol. The van der Waals surface area contributed by atoms with Gasteiger partial charge >= 0.3 is 15.0 Å². The van der Waals surface area contributed by atoms with Crippen LogP contribution in [0, 0.1) is 0 Å². The Kier molecular flexibility index (Phi) is 8.20. The lowest BCUT2D eigenvalue weighted by molar-refractivity contribution is -0.0491. The van der Waals surface area contributed by atoms with E-state index in [1.807, 2.05) is 0 Å². The summed E-state index contributed by atoms with van der Waals surface area (Å²) in [6.07, 6.45) is -2.48. The molecule has 19 nitrogen and oxygen atoms in total. The van der Waals surface area contributed by atoms with Gasteiger partial charge in [0.25, 0.3) is 5.56 Å². The molecule has 4 aromatic rings. The van der Waals surface area contributed by atoms with Gasteiger partial charge in [-0.25, -0.2) is 24.3 Å². The molecule has 0 bridgehead atoms. The molecule has 2 aliphatic rings. The van der Waals surface area contributed by atoms with Crippen molar-refractivity contribution in [3.63, 3.8) is 0 Å². The normalized spacial score (nSPS) is 27.7. The van der Waals surface area contributed by atoms with Gasteiger partial charge in [0.15, 0.2) is 35.1 Å². The number of alkyl halides is 1. The Morgan fingerprint density at radius 1 is 1.09 bits per heavy atom. The largest absolute Gasteiger partial charge is 0.694 e. The Hall–Kier alpha value is -3.10.